The molecule has 3 heterocycles. The fourth-order valence-electron chi connectivity index (χ4n) is 3.24. The van der Waals surface area contributed by atoms with E-state index in [1.807, 2.05) is 28.8 Å². The van der Waals surface area contributed by atoms with E-state index in [1.165, 1.54) is 0 Å². The molecule has 2 aliphatic heterocycles. The Morgan fingerprint density at radius 3 is 2.52 bits per heavy atom. The van der Waals surface area contributed by atoms with Crippen molar-refractivity contribution in [3.63, 3.8) is 0 Å². The van der Waals surface area contributed by atoms with Crippen LogP contribution >= 0.6 is 23.1 Å². The van der Waals surface area contributed by atoms with Crippen molar-refractivity contribution < 1.29 is 14.3 Å². The minimum Gasteiger partial charge on any atom is -0.495 e. The molecule has 25 heavy (non-hydrogen) atoms. The fraction of sp³-hybridized carbons (Fsp3) is 0.529. The second kappa shape index (κ2) is 6.92. The van der Waals surface area contributed by atoms with Crippen molar-refractivity contribution >= 4 is 44.4 Å². The van der Waals surface area contributed by atoms with Gasteiger partial charge in [0.25, 0.3) is 0 Å². The van der Waals surface area contributed by atoms with Gasteiger partial charge in [-0.15, -0.1) is 0 Å². The minimum atomic E-state index is 0.0962. The molecular formula is C17H21N3O3S2. The summed E-state index contributed by atoms with van der Waals surface area (Å²) in [6.07, 6.45) is 0. The largest absolute Gasteiger partial charge is 0.495 e. The average molecular weight is 380 g/mol. The standard InChI is InChI=1S/C17H21N3O3S2/c1-22-12-3-4-13(23-2)15-14(12)18-17(25-15)20-9-11(10-20)16(21)19-5-7-24-8-6-19/h3-4,11H,5-10H2,1-2H3. The molecule has 0 atom stereocenters. The molecule has 0 aliphatic carbocycles. The van der Waals surface area contributed by atoms with Crippen molar-refractivity contribution in [1.82, 2.24) is 9.88 Å². The van der Waals surface area contributed by atoms with Crippen molar-refractivity contribution in [2.45, 2.75) is 0 Å². The Hall–Kier alpha value is -1.67. The first-order chi connectivity index (χ1) is 12.2. The van der Waals surface area contributed by atoms with Crippen LogP contribution in [0, 0.1) is 5.92 Å². The van der Waals surface area contributed by atoms with Gasteiger partial charge in [-0.25, -0.2) is 4.98 Å². The molecule has 0 bridgehead atoms. The molecule has 4 rings (SSSR count). The summed E-state index contributed by atoms with van der Waals surface area (Å²) in [5.74, 6) is 4.06. The van der Waals surface area contributed by atoms with Gasteiger partial charge in [-0.1, -0.05) is 11.3 Å². The highest BCUT2D eigenvalue weighted by Gasteiger charge is 2.37. The number of rotatable bonds is 4. The predicted octanol–water partition coefficient (Wildman–Crippen LogP) is 2.33. The zero-order chi connectivity index (χ0) is 17.4. The number of carbonyl (C=O) groups is 1. The van der Waals surface area contributed by atoms with Crippen LogP contribution in [0.15, 0.2) is 12.1 Å². The Morgan fingerprint density at radius 2 is 1.84 bits per heavy atom. The molecule has 2 aliphatic rings. The molecule has 6 nitrogen and oxygen atoms in total. The Bertz CT molecular complexity index is 742. The van der Waals surface area contributed by atoms with Crippen LogP contribution in [0.1, 0.15) is 0 Å². The monoisotopic (exact) mass is 379 g/mol. The molecule has 134 valence electrons. The van der Waals surface area contributed by atoms with Gasteiger partial charge in [0.1, 0.15) is 21.7 Å². The summed E-state index contributed by atoms with van der Waals surface area (Å²) < 4.78 is 11.8. The number of aromatic nitrogens is 1. The molecule has 1 amide bonds. The van der Waals surface area contributed by atoms with Gasteiger partial charge in [-0.2, -0.15) is 11.8 Å². The number of anilines is 1. The maximum absolute atomic E-state index is 12.6. The summed E-state index contributed by atoms with van der Waals surface area (Å²) >= 11 is 3.52. The molecule has 0 N–H and O–H groups in total. The van der Waals surface area contributed by atoms with Gasteiger partial charge in [0.05, 0.1) is 20.1 Å². The summed E-state index contributed by atoms with van der Waals surface area (Å²) in [7, 11) is 3.31. The first kappa shape index (κ1) is 16.8. The molecule has 8 heteroatoms. The van der Waals surface area contributed by atoms with Crippen molar-refractivity contribution in [2.24, 2.45) is 5.92 Å². The summed E-state index contributed by atoms with van der Waals surface area (Å²) in [5, 5.41) is 0.927. The SMILES string of the molecule is COc1ccc(OC)c2sc(N3CC(C(=O)N4CCSCC4)C3)nc12. The van der Waals surface area contributed by atoms with E-state index in [0.717, 1.165) is 64.5 Å². The van der Waals surface area contributed by atoms with E-state index < -0.39 is 0 Å². The van der Waals surface area contributed by atoms with Crippen LogP contribution in [-0.2, 0) is 4.79 Å². The maximum Gasteiger partial charge on any atom is 0.229 e. The summed E-state index contributed by atoms with van der Waals surface area (Å²) in [6, 6.07) is 3.78. The van der Waals surface area contributed by atoms with E-state index >= 15 is 0 Å². The quantitative estimate of drug-likeness (QED) is 0.813. The van der Waals surface area contributed by atoms with Crippen LogP contribution < -0.4 is 14.4 Å². The third-order valence-corrected chi connectivity index (χ3v) is 6.80. The number of ether oxygens (including phenoxy) is 2. The molecule has 0 saturated carbocycles. The lowest BCUT2D eigenvalue weighted by Gasteiger charge is -2.41. The van der Waals surface area contributed by atoms with Gasteiger partial charge in [-0.3, -0.25) is 4.79 Å². The van der Waals surface area contributed by atoms with E-state index in [1.54, 1.807) is 25.6 Å². The third-order valence-electron chi connectivity index (χ3n) is 4.72. The number of thiazole rings is 1. The van der Waals surface area contributed by atoms with Crippen molar-refractivity contribution in [3.8, 4) is 11.5 Å². The van der Waals surface area contributed by atoms with Gasteiger partial charge in [0.2, 0.25) is 5.91 Å². The van der Waals surface area contributed by atoms with Crippen LogP contribution in [-0.4, -0.2) is 67.7 Å². The zero-order valence-corrected chi connectivity index (χ0v) is 16.0. The first-order valence-electron chi connectivity index (χ1n) is 8.34. The molecule has 2 fully saturated rings. The number of benzene rings is 1. The lowest BCUT2D eigenvalue weighted by Crippen LogP contribution is -2.55. The van der Waals surface area contributed by atoms with E-state index in [4.69, 9.17) is 14.5 Å². The Labute approximate surface area is 155 Å². The van der Waals surface area contributed by atoms with Crippen LogP contribution in [0.4, 0.5) is 5.13 Å². The van der Waals surface area contributed by atoms with Crippen LogP contribution in [0.3, 0.4) is 0 Å². The molecule has 0 spiro atoms. The Balaban J connectivity index is 1.49. The van der Waals surface area contributed by atoms with Gasteiger partial charge in [0, 0.05) is 37.7 Å². The van der Waals surface area contributed by atoms with E-state index in [-0.39, 0.29) is 5.92 Å². The van der Waals surface area contributed by atoms with E-state index in [0.29, 0.717) is 5.91 Å². The van der Waals surface area contributed by atoms with Gasteiger partial charge in [-0.05, 0) is 12.1 Å². The van der Waals surface area contributed by atoms with Gasteiger partial charge >= 0.3 is 0 Å². The average Bonchev–Trinajstić information content (AvgIpc) is 3.05. The minimum absolute atomic E-state index is 0.0962. The molecule has 0 radical (unpaired) electrons. The fourth-order valence-corrected chi connectivity index (χ4v) is 5.24. The highest BCUT2D eigenvalue weighted by atomic mass is 32.2. The normalized spacial score (nSPS) is 18.3. The zero-order valence-electron chi connectivity index (χ0n) is 14.4. The third kappa shape index (κ3) is 3.01. The highest BCUT2D eigenvalue weighted by Crippen LogP contribution is 2.41. The van der Waals surface area contributed by atoms with Gasteiger partial charge in [0.15, 0.2) is 5.13 Å². The number of methoxy groups -OCH3 is 2. The Kier molecular flexibility index (Phi) is 4.64. The molecule has 2 saturated heterocycles. The molecule has 2 aromatic rings. The summed E-state index contributed by atoms with van der Waals surface area (Å²) in [5.41, 5.74) is 0.824. The number of carbonyl (C=O) groups excluding carboxylic acids is 1. The highest BCUT2D eigenvalue weighted by molar-refractivity contribution is 7.99. The second-order valence-electron chi connectivity index (χ2n) is 6.18. The summed E-state index contributed by atoms with van der Waals surface area (Å²) in [6.45, 7) is 3.25. The topological polar surface area (TPSA) is 54.9 Å². The molecule has 0 unspecified atom stereocenters. The maximum atomic E-state index is 12.6. The van der Waals surface area contributed by atoms with Crippen LogP contribution in [0.2, 0.25) is 0 Å². The lowest BCUT2D eigenvalue weighted by atomic mass is 9.99. The smallest absolute Gasteiger partial charge is 0.229 e. The molecule has 1 aromatic heterocycles. The van der Waals surface area contributed by atoms with Crippen LogP contribution in [0.5, 0.6) is 11.5 Å². The van der Waals surface area contributed by atoms with E-state index in [9.17, 15) is 4.79 Å². The number of fused-ring (bicyclic) bond motifs is 1. The van der Waals surface area contributed by atoms with E-state index in [2.05, 4.69) is 4.90 Å². The number of hydrogen-bond donors (Lipinski definition) is 0. The predicted molar refractivity (Wildman–Crippen MR) is 102 cm³/mol. The molecular weight excluding hydrogens is 358 g/mol. The number of thioether (sulfide) groups is 1. The number of nitrogens with zero attached hydrogens (tertiary/aromatic N) is 3. The summed E-state index contributed by atoms with van der Waals surface area (Å²) in [4.78, 5) is 21.5. The Morgan fingerprint density at radius 1 is 1.16 bits per heavy atom. The lowest BCUT2D eigenvalue weighted by molar-refractivity contribution is -0.135. The van der Waals surface area contributed by atoms with Crippen LogP contribution in [0.25, 0.3) is 10.2 Å². The number of amides is 1. The number of hydrogen-bond acceptors (Lipinski definition) is 7. The molecule has 1 aromatic carbocycles. The van der Waals surface area contributed by atoms with Crippen molar-refractivity contribution in [3.05, 3.63) is 12.1 Å². The van der Waals surface area contributed by atoms with Crippen molar-refractivity contribution in [1.29, 1.82) is 0 Å². The first-order valence-corrected chi connectivity index (χ1v) is 10.3. The van der Waals surface area contributed by atoms with Crippen molar-refractivity contribution in [2.75, 3.05) is 56.8 Å². The van der Waals surface area contributed by atoms with Gasteiger partial charge < -0.3 is 19.3 Å². The second-order valence-corrected chi connectivity index (χ2v) is 8.39.